The molecule has 6 heteroatoms. The third kappa shape index (κ3) is 1.66. The first-order valence-corrected chi connectivity index (χ1v) is 7.48. The minimum absolute atomic E-state index is 0.00614. The molecular formula is C12H19N5S. The van der Waals surface area contributed by atoms with Gasteiger partial charge in [-0.25, -0.2) is 0 Å². The van der Waals surface area contributed by atoms with Gasteiger partial charge in [0.1, 0.15) is 5.01 Å². The van der Waals surface area contributed by atoms with Gasteiger partial charge in [-0.3, -0.25) is 0 Å². The molecule has 0 amide bonds. The summed E-state index contributed by atoms with van der Waals surface area (Å²) in [6.45, 7) is 5.00. The molecule has 0 bridgehead atoms. The smallest absolute Gasteiger partial charge is 0.234 e. The highest BCUT2D eigenvalue weighted by molar-refractivity contribution is 7.16. The van der Waals surface area contributed by atoms with Gasteiger partial charge in [0, 0.05) is 17.9 Å². The van der Waals surface area contributed by atoms with Crippen LogP contribution in [0.1, 0.15) is 56.3 Å². The molecule has 3 rings (SSSR count). The van der Waals surface area contributed by atoms with E-state index in [4.69, 9.17) is 10.8 Å². The fraction of sp³-hybridized carbons (Fsp3) is 0.750. The highest BCUT2D eigenvalue weighted by Crippen LogP contribution is 2.40. The second-order valence-corrected chi connectivity index (χ2v) is 6.08. The third-order valence-corrected chi connectivity index (χ3v) is 5.30. The van der Waals surface area contributed by atoms with Crippen molar-refractivity contribution in [3.63, 3.8) is 0 Å². The van der Waals surface area contributed by atoms with Gasteiger partial charge in [-0.05, 0) is 25.7 Å². The Kier molecular flexibility index (Phi) is 2.86. The summed E-state index contributed by atoms with van der Waals surface area (Å²) < 4.78 is 1.94. The van der Waals surface area contributed by atoms with Crippen molar-refractivity contribution in [3.8, 4) is 0 Å². The molecule has 18 heavy (non-hydrogen) atoms. The summed E-state index contributed by atoms with van der Waals surface area (Å²) >= 11 is 1.64. The van der Waals surface area contributed by atoms with Crippen LogP contribution in [-0.4, -0.2) is 26.4 Å². The lowest BCUT2D eigenvalue weighted by atomic mass is 9.83. The SMILES string of the molecule is CCC(CC)(CN)c1nn2c(C3CC3)nnc2s1. The second-order valence-electron chi connectivity index (χ2n) is 5.13. The van der Waals surface area contributed by atoms with Gasteiger partial charge in [0.25, 0.3) is 0 Å². The molecule has 1 saturated carbocycles. The summed E-state index contributed by atoms with van der Waals surface area (Å²) in [6.07, 6.45) is 4.47. The van der Waals surface area contributed by atoms with Crippen molar-refractivity contribution in [1.82, 2.24) is 19.8 Å². The second kappa shape index (κ2) is 4.28. The molecule has 0 aromatic carbocycles. The van der Waals surface area contributed by atoms with E-state index in [0.29, 0.717) is 12.5 Å². The van der Waals surface area contributed by atoms with Gasteiger partial charge < -0.3 is 5.73 Å². The molecule has 1 aliphatic rings. The van der Waals surface area contributed by atoms with Gasteiger partial charge in [0.15, 0.2) is 5.82 Å². The van der Waals surface area contributed by atoms with Crippen LogP contribution in [0, 0.1) is 0 Å². The maximum atomic E-state index is 5.98. The lowest BCUT2D eigenvalue weighted by molar-refractivity contribution is 0.400. The number of rotatable bonds is 5. The van der Waals surface area contributed by atoms with Crippen LogP contribution in [-0.2, 0) is 5.41 Å². The first-order valence-electron chi connectivity index (χ1n) is 6.66. The lowest BCUT2D eigenvalue weighted by Crippen LogP contribution is -2.33. The van der Waals surface area contributed by atoms with E-state index in [0.717, 1.165) is 28.6 Å². The molecule has 0 spiro atoms. The Bertz CT molecular complexity index is 542. The van der Waals surface area contributed by atoms with E-state index in [-0.39, 0.29) is 5.41 Å². The Morgan fingerprint density at radius 2 is 2.06 bits per heavy atom. The summed E-state index contributed by atoms with van der Waals surface area (Å²) in [6, 6.07) is 0. The Balaban J connectivity index is 2.07. The van der Waals surface area contributed by atoms with Gasteiger partial charge >= 0.3 is 0 Å². The summed E-state index contributed by atoms with van der Waals surface area (Å²) in [4.78, 5) is 0.909. The van der Waals surface area contributed by atoms with Gasteiger partial charge in [0.05, 0.1) is 0 Å². The minimum atomic E-state index is 0.00614. The molecule has 5 nitrogen and oxygen atoms in total. The fourth-order valence-corrected chi connectivity index (χ4v) is 3.56. The lowest BCUT2D eigenvalue weighted by Gasteiger charge is -2.26. The van der Waals surface area contributed by atoms with Crippen molar-refractivity contribution in [2.24, 2.45) is 5.73 Å². The Labute approximate surface area is 110 Å². The molecule has 0 atom stereocenters. The van der Waals surface area contributed by atoms with Crippen LogP contribution in [0.15, 0.2) is 0 Å². The molecule has 0 saturated heterocycles. The molecule has 2 heterocycles. The van der Waals surface area contributed by atoms with Crippen LogP contribution in [0.5, 0.6) is 0 Å². The van der Waals surface area contributed by atoms with E-state index < -0.39 is 0 Å². The van der Waals surface area contributed by atoms with Crippen LogP contribution in [0.3, 0.4) is 0 Å². The maximum Gasteiger partial charge on any atom is 0.234 e. The Morgan fingerprint density at radius 1 is 1.33 bits per heavy atom. The molecule has 0 unspecified atom stereocenters. The van der Waals surface area contributed by atoms with Crippen LogP contribution in [0.2, 0.25) is 0 Å². The monoisotopic (exact) mass is 265 g/mol. The van der Waals surface area contributed by atoms with Crippen molar-refractivity contribution in [2.75, 3.05) is 6.54 Å². The van der Waals surface area contributed by atoms with Crippen molar-refractivity contribution in [1.29, 1.82) is 0 Å². The standard InChI is InChI=1S/C12H19N5S/c1-3-12(4-2,7-13)10-16-17-9(8-5-6-8)14-15-11(17)18-10/h8H,3-7,13H2,1-2H3. The highest BCUT2D eigenvalue weighted by Gasteiger charge is 2.34. The first-order chi connectivity index (χ1) is 8.74. The quantitative estimate of drug-likeness (QED) is 0.898. The largest absolute Gasteiger partial charge is 0.329 e. The van der Waals surface area contributed by atoms with Crippen molar-refractivity contribution in [3.05, 3.63) is 10.8 Å². The molecule has 2 aromatic rings. The average molecular weight is 265 g/mol. The number of fused-ring (bicyclic) bond motifs is 1. The van der Waals surface area contributed by atoms with Crippen molar-refractivity contribution in [2.45, 2.75) is 50.9 Å². The van der Waals surface area contributed by atoms with E-state index in [1.54, 1.807) is 11.3 Å². The van der Waals surface area contributed by atoms with Gasteiger partial charge in [-0.15, -0.1) is 10.2 Å². The summed E-state index contributed by atoms with van der Waals surface area (Å²) in [7, 11) is 0. The summed E-state index contributed by atoms with van der Waals surface area (Å²) in [5.74, 6) is 1.61. The van der Waals surface area contributed by atoms with E-state index >= 15 is 0 Å². The number of aromatic nitrogens is 4. The normalized spacial score (nSPS) is 16.6. The van der Waals surface area contributed by atoms with Crippen LogP contribution < -0.4 is 5.73 Å². The zero-order chi connectivity index (χ0) is 12.8. The molecule has 0 aliphatic heterocycles. The van der Waals surface area contributed by atoms with E-state index in [2.05, 4.69) is 24.0 Å². The minimum Gasteiger partial charge on any atom is -0.329 e. The molecule has 2 N–H and O–H groups in total. The van der Waals surface area contributed by atoms with Gasteiger partial charge in [-0.2, -0.15) is 9.61 Å². The molecule has 1 fully saturated rings. The van der Waals surface area contributed by atoms with Crippen LogP contribution in [0.4, 0.5) is 0 Å². The predicted octanol–water partition coefficient (Wildman–Crippen LogP) is 2.08. The number of nitrogens with zero attached hydrogens (tertiary/aromatic N) is 4. The highest BCUT2D eigenvalue weighted by atomic mass is 32.1. The summed E-state index contributed by atoms with van der Waals surface area (Å²) in [5.41, 5.74) is 5.99. The molecule has 1 aliphatic carbocycles. The molecule has 98 valence electrons. The number of hydrogen-bond donors (Lipinski definition) is 1. The topological polar surface area (TPSA) is 69.1 Å². The van der Waals surface area contributed by atoms with E-state index in [1.807, 2.05) is 4.52 Å². The zero-order valence-corrected chi connectivity index (χ0v) is 11.7. The predicted molar refractivity (Wildman–Crippen MR) is 71.9 cm³/mol. The molecule has 2 aromatic heterocycles. The maximum absolute atomic E-state index is 5.98. The van der Waals surface area contributed by atoms with Gasteiger partial charge in [0.2, 0.25) is 4.96 Å². The first kappa shape index (κ1) is 12.0. The van der Waals surface area contributed by atoms with Crippen LogP contribution in [0.25, 0.3) is 4.96 Å². The summed E-state index contributed by atoms with van der Waals surface area (Å²) in [5, 5.41) is 14.4. The Hall–Kier alpha value is -1.01. The average Bonchev–Trinajstić information content (AvgIpc) is 3.02. The zero-order valence-electron chi connectivity index (χ0n) is 10.9. The van der Waals surface area contributed by atoms with E-state index in [1.165, 1.54) is 12.8 Å². The molecule has 0 radical (unpaired) electrons. The Morgan fingerprint density at radius 3 is 2.61 bits per heavy atom. The van der Waals surface area contributed by atoms with Crippen molar-refractivity contribution >= 4 is 16.3 Å². The number of nitrogens with two attached hydrogens (primary N) is 1. The fourth-order valence-electron chi connectivity index (χ4n) is 2.37. The van der Waals surface area contributed by atoms with Gasteiger partial charge in [-0.1, -0.05) is 25.2 Å². The number of hydrogen-bond acceptors (Lipinski definition) is 5. The third-order valence-electron chi connectivity index (χ3n) is 4.16. The molecular weight excluding hydrogens is 246 g/mol. The van der Waals surface area contributed by atoms with Crippen molar-refractivity contribution < 1.29 is 0 Å². The van der Waals surface area contributed by atoms with E-state index in [9.17, 15) is 0 Å². The van der Waals surface area contributed by atoms with Crippen LogP contribution >= 0.6 is 11.3 Å².